The zero-order valence-electron chi connectivity index (χ0n) is 17.2. The number of halogens is 1. The van der Waals surface area contributed by atoms with Crippen LogP contribution < -0.4 is 10.1 Å². The highest BCUT2D eigenvalue weighted by Gasteiger charge is 2.15. The zero-order chi connectivity index (χ0) is 21.8. The van der Waals surface area contributed by atoms with Crippen LogP contribution in [0.1, 0.15) is 34.8 Å². The molecule has 31 heavy (non-hydrogen) atoms. The molecule has 4 aromatic rings. The Bertz CT molecular complexity index is 1220. The number of anilines is 2. The van der Waals surface area contributed by atoms with Gasteiger partial charge in [-0.2, -0.15) is 0 Å². The van der Waals surface area contributed by atoms with Crippen molar-refractivity contribution in [3.05, 3.63) is 71.7 Å². The average molecular weight is 420 g/mol. The van der Waals surface area contributed by atoms with Gasteiger partial charge in [-0.1, -0.05) is 6.92 Å². The number of hydrogen-bond acceptors (Lipinski definition) is 7. The number of Topliss-reactive ketones (excluding diaryl/α,β-unsaturated/α-hetero) is 1. The van der Waals surface area contributed by atoms with Crippen LogP contribution in [-0.4, -0.2) is 37.5 Å². The Kier molecular flexibility index (Phi) is 5.83. The van der Waals surface area contributed by atoms with Crippen molar-refractivity contribution < 1.29 is 13.9 Å². The number of benzene rings is 1. The molecule has 0 amide bonds. The monoisotopic (exact) mass is 420 g/mol. The largest absolute Gasteiger partial charge is 0.494 e. The molecule has 0 saturated carbocycles. The third-order valence-corrected chi connectivity index (χ3v) is 4.91. The van der Waals surface area contributed by atoms with E-state index in [4.69, 9.17) is 4.74 Å². The molecule has 3 heterocycles. The van der Waals surface area contributed by atoms with Gasteiger partial charge in [0.2, 0.25) is 5.95 Å². The van der Waals surface area contributed by atoms with Crippen molar-refractivity contribution in [1.82, 2.24) is 24.6 Å². The molecule has 8 nitrogen and oxygen atoms in total. The highest BCUT2D eigenvalue weighted by atomic mass is 19.1. The van der Waals surface area contributed by atoms with Crippen molar-refractivity contribution in [1.29, 1.82) is 0 Å². The summed E-state index contributed by atoms with van der Waals surface area (Å²) < 4.78 is 21.5. The molecule has 0 radical (unpaired) electrons. The van der Waals surface area contributed by atoms with Gasteiger partial charge >= 0.3 is 0 Å². The van der Waals surface area contributed by atoms with Gasteiger partial charge in [0, 0.05) is 30.6 Å². The third-order valence-electron chi connectivity index (χ3n) is 4.91. The molecule has 0 aliphatic heterocycles. The number of pyridine rings is 1. The molecule has 158 valence electrons. The molecular formula is C22H21FN6O2. The summed E-state index contributed by atoms with van der Waals surface area (Å²) in [6.45, 7) is 1.77. The number of methoxy groups -OCH3 is 1. The van der Waals surface area contributed by atoms with Gasteiger partial charge < -0.3 is 10.1 Å². The molecule has 0 aliphatic rings. The van der Waals surface area contributed by atoms with E-state index >= 15 is 0 Å². The maximum absolute atomic E-state index is 14.6. The van der Waals surface area contributed by atoms with Gasteiger partial charge in [0.25, 0.3) is 0 Å². The molecule has 1 aromatic carbocycles. The van der Waals surface area contributed by atoms with E-state index in [1.165, 1.54) is 13.2 Å². The molecule has 0 atom stereocenters. The minimum Gasteiger partial charge on any atom is -0.494 e. The van der Waals surface area contributed by atoms with Crippen LogP contribution in [0.4, 0.5) is 16.0 Å². The number of fused-ring (bicyclic) bond motifs is 1. The summed E-state index contributed by atoms with van der Waals surface area (Å²) >= 11 is 0. The predicted octanol–water partition coefficient (Wildman–Crippen LogP) is 3.79. The second kappa shape index (κ2) is 8.86. The molecule has 0 aliphatic carbocycles. The molecule has 0 spiro atoms. The average Bonchev–Trinajstić information content (AvgIpc) is 3.26. The number of rotatable bonds is 8. The quantitative estimate of drug-likeness (QED) is 0.433. The van der Waals surface area contributed by atoms with Crippen molar-refractivity contribution in [3.8, 4) is 5.75 Å². The Morgan fingerprint density at radius 1 is 1.19 bits per heavy atom. The minimum atomic E-state index is -0.446. The van der Waals surface area contributed by atoms with Crippen molar-refractivity contribution >= 4 is 23.1 Å². The highest BCUT2D eigenvalue weighted by Crippen LogP contribution is 2.25. The molecule has 1 N–H and O–H groups in total. The first-order valence-electron chi connectivity index (χ1n) is 9.84. The zero-order valence-corrected chi connectivity index (χ0v) is 17.2. The maximum Gasteiger partial charge on any atom is 0.227 e. The lowest BCUT2D eigenvalue weighted by Crippen LogP contribution is -2.05. The Morgan fingerprint density at radius 2 is 2.00 bits per heavy atom. The van der Waals surface area contributed by atoms with Crippen LogP contribution in [0.3, 0.4) is 0 Å². The number of carbonyl (C=O) groups is 1. The maximum atomic E-state index is 14.6. The number of nitrogens with one attached hydrogen (secondary N) is 1. The van der Waals surface area contributed by atoms with E-state index in [0.29, 0.717) is 36.3 Å². The van der Waals surface area contributed by atoms with E-state index in [1.807, 2.05) is 18.3 Å². The van der Waals surface area contributed by atoms with Crippen LogP contribution in [0.25, 0.3) is 5.65 Å². The van der Waals surface area contributed by atoms with Gasteiger partial charge in [0.1, 0.15) is 6.33 Å². The van der Waals surface area contributed by atoms with E-state index in [-0.39, 0.29) is 11.5 Å². The summed E-state index contributed by atoms with van der Waals surface area (Å²) in [6.07, 6.45) is 8.12. The first-order valence-corrected chi connectivity index (χ1v) is 9.84. The molecule has 0 unspecified atom stereocenters. The summed E-state index contributed by atoms with van der Waals surface area (Å²) in [6, 6.07) is 6.75. The number of ether oxygens (including phenoxy) is 1. The fourth-order valence-electron chi connectivity index (χ4n) is 3.21. The van der Waals surface area contributed by atoms with Crippen LogP contribution in [0.15, 0.2) is 49.2 Å². The Morgan fingerprint density at radius 3 is 2.74 bits per heavy atom. The Hall–Kier alpha value is -3.88. The van der Waals surface area contributed by atoms with E-state index in [2.05, 4.69) is 25.5 Å². The molecule has 9 heteroatoms. The standard InChI is InChI=1S/C22H21FN6O2/c1-3-18(30)16-8-15(21(23)19(9-16)31-2)5-4-14-10-24-22(25-11-14)27-17-6-7-20-28-26-13-29(20)12-17/h6-13H,3-5H2,1-2H3,(H,24,25,27). The molecule has 3 aromatic heterocycles. The van der Waals surface area contributed by atoms with E-state index < -0.39 is 5.82 Å². The van der Waals surface area contributed by atoms with Gasteiger partial charge in [-0.3, -0.25) is 9.20 Å². The van der Waals surface area contributed by atoms with Crippen LogP contribution in [-0.2, 0) is 12.8 Å². The molecular weight excluding hydrogens is 399 g/mol. The molecule has 0 bridgehead atoms. The second-order valence-electron chi connectivity index (χ2n) is 6.98. The summed E-state index contributed by atoms with van der Waals surface area (Å²) in [4.78, 5) is 20.7. The minimum absolute atomic E-state index is 0.0528. The first-order chi connectivity index (χ1) is 15.1. The van der Waals surface area contributed by atoms with Crippen molar-refractivity contribution in [2.24, 2.45) is 0 Å². The summed E-state index contributed by atoms with van der Waals surface area (Å²) in [5.41, 5.74) is 3.28. The van der Waals surface area contributed by atoms with Crippen LogP contribution in [0.5, 0.6) is 5.75 Å². The lowest BCUT2D eigenvalue weighted by molar-refractivity contribution is 0.0987. The topological polar surface area (TPSA) is 94.3 Å². The normalized spacial score (nSPS) is 10.9. The predicted molar refractivity (Wildman–Crippen MR) is 113 cm³/mol. The smallest absolute Gasteiger partial charge is 0.227 e. The number of aromatic nitrogens is 5. The van der Waals surface area contributed by atoms with Gasteiger partial charge in [0.15, 0.2) is 23.0 Å². The van der Waals surface area contributed by atoms with Crippen LogP contribution in [0, 0.1) is 5.82 Å². The molecule has 0 fully saturated rings. The number of aryl methyl sites for hydroxylation is 2. The van der Waals surface area contributed by atoms with Gasteiger partial charge in [-0.15, -0.1) is 10.2 Å². The van der Waals surface area contributed by atoms with Crippen molar-refractivity contribution in [2.75, 3.05) is 12.4 Å². The van der Waals surface area contributed by atoms with Crippen LogP contribution in [0.2, 0.25) is 0 Å². The third kappa shape index (κ3) is 4.50. The Labute approximate surface area is 178 Å². The fraction of sp³-hybridized carbons (Fsp3) is 0.227. The van der Waals surface area contributed by atoms with Gasteiger partial charge in [-0.25, -0.2) is 14.4 Å². The lowest BCUT2D eigenvalue weighted by atomic mass is 10.00. The summed E-state index contributed by atoms with van der Waals surface area (Å²) in [7, 11) is 1.39. The SMILES string of the molecule is CCC(=O)c1cc(CCc2cnc(Nc3ccc4nncn4c3)nc2)c(F)c(OC)c1. The van der Waals surface area contributed by atoms with Crippen molar-refractivity contribution in [2.45, 2.75) is 26.2 Å². The molecule has 0 saturated heterocycles. The lowest BCUT2D eigenvalue weighted by Gasteiger charge is -2.11. The van der Waals surface area contributed by atoms with E-state index in [1.54, 1.807) is 36.1 Å². The second-order valence-corrected chi connectivity index (χ2v) is 6.98. The first kappa shape index (κ1) is 20.4. The molecule has 4 rings (SSSR count). The van der Waals surface area contributed by atoms with Gasteiger partial charge in [0.05, 0.1) is 12.8 Å². The van der Waals surface area contributed by atoms with Gasteiger partial charge in [-0.05, 0) is 48.2 Å². The highest BCUT2D eigenvalue weighted by molar-refractivity contribution is 5.96. The number of carbonyl (C=O) groups excluding carboxylic acids is 1. The van der Waals surface area contributed by atoms with Crippen LogP contribution >= 0.6 is 0 Å². The number of nitrogens with zero attached hydrogens (tertiary/aromatic N) is 5. The number of ketones is 1. The summed E-state index contributed by atoms with van der Waals surface area (Å²) in [5, 5.41) is 10.9. The van der Waals surface area contributed by atoms with Crippen molar-refractivity contribution in [3.63, 3.8) is 0 Å². The Balaban J connectivity index is 1.45. The fourth-order valence-corrected chi connectivity index (χ4v) is 3.21. The number of hydrogen-bond donors (Lipinski definition) is 1. The summed E-state index contributed by atoms with van der Waals surface area (Å²) in [5.74, 6) is 0.0245. The van der Waals surface area contributed by atoms with E-state index in [9.17, 15) is 9.18 Å². The van der Waals surface area contributed by atoms with E-state index in [0.717, 1.165) is 16.9 Å².